The third kappa shape index (κ3) is 1.87. The molecular weight excluding hydrogens is 284 g/mol. The van der Waals surface area contributed by atoms with Crippen LogP contribution in [-0.2, 0) is 23.9 Å². The van der Waals surface area contributed by atoms with E-state index in [2.05, 4.69) is 6.92 Å². The van der Waals surface area contributed by atoms with Gasteiger partial charge in [-0.15, -0.1) is 0 Å². The lowest BCUT2D eigenvalue weighted by Gasteiger charge is -2.48. The molecule has 118 valence electrons. The highest BCUT2D eigenvalue weighted by molar-refractivity contribution is 5.98. The first-order valence-electron chi connectivity index (χ1n) is 7.59. The van der Waals surface area contributed by atoms with Gasteiger partial charge in [0, 0.05) is 30.1 Å². The first kappa shape index (κ1) is 15.0. The molecule has 0 saturated heterocycles. The molecule has 1 saturated carbocycles. The molecule has 3 rings (SSSR count). The van der Waals surface area contributed by atoms with E-state index in [1.54, 1.807) is 13.8 Å². The molecule has 0 N–H and O–H groups in total. The smallest absolute Gasteiger partial charge is 0.339 e. The van der Waals surface area contributed by atoms with Crippen LogP contribution >= 0.6 is 0 Å². The topological polar surface area (TPSA) is 69.7 Å². The minimum absolute atomic E-state index is 0.135. The van der Waals surface area contributed by atoms with Crippen LogP contribution in [0.5, 0.6) is 0 Å². The van der Waals surface area contributed by atoms with Crippen LogP contribution in [0.4, 0.5) is 0 Å². The van der Waals surface area contributed by atoms with E-state index in [4.69, 9.17) is 9.47 Å². The van der Waals surface area contributed by atoms with Crippen LogP contribution in [-0.4, -0.2) is 23.3 Å². The van der Waals surface area contributed by atoms with Crippen molar-refractivity contribution in [3.05, 3.63) is 22.5 Å². The van der Waals surface area contributed by atoms with E-state index in [1.807, 2.05) is 0 Å². The Labute approximate surface area is 129 Å². The second-order valence-electron chi connectivity index (χ2n) is 6.81. The normalized spacial score (nSPS) is 34.4. The van der Waals surface area contributed by atoms with E-state index in [1.165, 1.54) is 6.92 Å². The largest absolute Gasteiger partial charge is 0.447 e. The van der Waals surface area contributed by atoms with Gasteiger partial charge in [-0.2, -0.15) is 0 Å². The Bertz CT molecular complexity index is 669. The highest BCUT2D eigenvalue weighted by Gasteiger charge is 2.57. The Morgan fingerprint density at radius 2 is 1.82 bits per heavy atom. The van der Waals surface area contributed by atoms with Gasteiger partial charge in [-0.05, 0) is 38.5 Å². The Morgan fingerprint density at radius 3 is 2.45 bits per heavy atom. The van der Waals surface area contributed by atoms with Crippen molar-refractivity contribution in [3.8, 4) is 0 Å². The van der Waals surface area contributed by atoms with E-state index in [0.29, 0.717) is 29.7 Å². The van der Waals surface area contributed by atoms with Crippen molar-refractivity contribution in [2.24, 2.45) is 5.41 Å². The van der Waals surface area contributed by atoms with Crippen LogP contribution in [0.2, 0.25) is 0 Å². The maximum Gasteiger partial charge on any atom is 0.339 e. The molecule has 1 heterocycles. The van der Waals surface area contributed by atoms with Crippen molar-refractivity contribution in [2.75, 3.05) is 0 Å². The van der Waals surface area contributed by atoms with Crippen LogP contribution in [0, 0.1) is 5.41 Å². The van der Waals surface area contributed by atoms with Gasteiger partial charge in [0.1, 0.15) is 5.76 Å². The summed E-state index contributed by atoms with van der Waals surface area (Å²) in [5.41, 5.74) is 0.475. The highest BCUT2D eigenvalue weighted by Crippen LogP contribution is 2.56. The van der Waals surface area contributed by atoms with Crippen molar-refractivity contribution >= 4 is 17.7 Å². The van der Waals surface area contributed by atoms with Crippen LogP contribution in [0.1, 0.15) is 53.4 Å². The van der Waals surface area contributed by atoms with Gasteiger partial charge in [0.15, 0.2) is 11.4 Å². The number of hydrogen-bond acceptors (Lipinski definition) is 5. The molecule has 5 heteroatoms. The van der Waals surface area contributed by atoms with Crippen molar-refractivity contribution in [1.29, 1.82) is 0 Å². The maximum atomic E-state index is 12.5. The fourth-order valence-electron chi connectivity index (χ4n) is 4.03. The van der Waals surface area contributed by atoms with Crippen LogP contribution in [0.25, 0.3) is 0 Å². The molecule has 0 aromatic rings. The summed E-state index contributed by atoms with van der Waals surface area (Å²) in [5, 5.41) is 0. The number of ether oxygens (including phenoxy) is 2. The predicted molar refractivity (Wildman–Crippen MR) is 77.6 cm³/mol. The number of Topliss-reactive ketones (excluding diaryl/α,β-unsaturated/α-hetero) is 1. The number of ketones is 1. The molecule has 22 heavy (non-hydrogen) atoms. The van der Waals surface area contributed by atoms with Crippen molar-refractivity contribution < 1.29 is 23.9 Å². The number of carbonyl (C=O) groups is 3. The number of fused-ring (bicyclic) bond motifs is 2. The lowest BCUT2D eigenvalue weighted by Crippen LogP contribution is -2.52. The van der Waals surface area contributed by atoms with Gasteiger partial charge in [-0.1, -0.05) is 6.92 Å². The maximum absolute atomic E-state index is 12.5. The van der Waals surface area contributed by atoms with Gasteiger partial charge in [0.25, 0.3) is 0 Å². The number of allylic oxidation sites excluding steroid dienone is 1. The molecule has 3 aliphatic rings. The summed E-state index contributed by atoms with van der Waals surface area (Å²) in [6.07, 6.45) is 2.62. The van der Waals surface area contributed by atoms with Gasteiger partial charge >= 0.3 is 11.9 Å². The standard InChI is InChI=1S/C17H20O5/c1-9-11-5-7-16(3)8-6-12(19)17(4,22-10(2)18)14(16)13(11)21-15(9)20/h5-8H2,1-4H3/t16-,17+/m0/s1. The van der Waals surface area contributed by atoms with E-state index in [9.17, 15) is 14.4 Å². The fourth-order valence-corrected chi connectivity index (χ4v) is 4.03. The molecule has 0 bridgehead atoms. The summed E-state index contributed by atoms with van der Waals surface area (Å²) < 4.78 is 10.9. The van der Waals surface area contributed by atoms with Crippen molar-refractivity contribution in [3.63, 3.8) is 0 Å². The van der Waals surface area contributed by atoms with E-state index >= 15 is 0 Å². The summed E-state index contributed by atoms with van der Waals surface area (Å²) in [6, 6.07) is 0. The minimum Gasteiger partial charge on any atom is -0.447 e. The highest BCUT2D eigenvalue weighted by atomic mass is 16.6. The summed E-state index contributed by atoms with van der Waals surface area (Å²) in [5.74, 6) is -0.548. The Kier molecular flexibility index (Phi) is 3.10. The second kappa shape index (κ2) is 4.54. The Hall–Kier alpha value is -1.91. The molecule has 1 aliphatic heterocycles. The fraction of sp³-hybridized carbons (Fsp3) is 0.588. The lowest BCUT2D eigenvalue weighted by molar-refractivity contribution is -0.164. The third-order valence-electron chi connectivity index (χ3n) is 5.25. The minimum atomic E-state index is -1.34. The molecule has 0 unspecified atom stereocenters. The summed E-state index contributed by atoms with van der Waals surface area (Å²) in [6.45, 7) is 6.71. The number of hydrogen-bond donors (Lipinski definition) is 0. The van der Waals surface area contributed by atoms with E-state index < -0.39 is 11.6 Å². The predicted octanol–water partition coefficient (Wildman–Crippen LogP) is 2.60. The first-order valence-corrected chi connectivity index (χ1v) is 7.59. The first-order chi connectivity index (χ1) is 10.2. The van der Waals surface area contributed by atoms with Gasteiger partial charge < -0.3 is 9.47 Å². The SMILES string of the molecule is CC(=O)O[C@]1(C)C(=O)CC[C@]2(C)CCC3=C(C)C(=O)OC3=C21. The molecule has 0 spiro atoms. The number of carbonyl (C=O) groups excluding carboxylic acids is 3. The van der Waals surface area contributed by atoms with Gasteiger partial charge in [0.2, 0.25) is 0 Å². The molecule has 1 fully saturated rings. The van der Waals surface area contributed by atoms with E-state index in [-0.39, 0.29) is 17.2 Å². The Morgan fingerprint density at radius 1 is 1.18 bits per heavy atom. The average molecular weight is 304 g/mol. The van der Waals surface area contributed by atoms with Gasteiger partial charge in [0.05, 0.1) is 0 Å². The van der Waals surface area contributed by atoms with Crippen molar-refractivity contribution in [1.82, 2.24) is 0 Å². The molecule has 5 nitrogen and oxygen atoms in total. The third-order valence-corrected chi connectivity index (χ3v) is 5.25. The molecule has 2 aliphatic carbocycles. The van der Waals surface area contributed by atoms with Crippen LogP contribution in [0.3, 0.4) is 0 Å². The molecule has 0 amide bonds. The summed E-state index contributed by atoms with van der Waals surface area (Å²) in [7, 11) is 0. The second-order valence-corrected chi connectivity index (χ2v) is 6.81. The number of esters is 2. The summed E-state index contributed by atoms with van der Waals surface area (Å²) >= 11 is 0. The zero-order chi connectivity index (χ0) is 16.3. The van der Waals surface area contributed by atoms with Crippen LogP contribution < -0.4 is 0 Å². The molecule has 0 aromatic carbocycles. The van der Waals surface area contributed by atoms with E-state index in [0.717, 1.165) is 18.4 Å². The van der Waals surface area contributed by atoms with Crippen LogP contribution in [0.15, 0.2) is 22.5 Å². The monoisotopic (exact) mass is 304 g/mol. The van der Waals surface area contributed by atoms with Gasteiger partial charge in [-0.25, -0.2) is 4.79 Å². The molecule has 2 atom stereocenters. The molecular formula is C17H20O5. The quantitative estimate of drug-likeness (QED) is 0.696. The Balaban J connectivity index is 2.25. The van der Waals surface area contributed by atoms with Crippen molar-refractivity contribution in [2.45, 2.75) is 59.0 Å². The molecule has 0 aromatic heterocycles. The molecule has 0 radical (unpaired) electrons. The zero-order valence-corrected chi connectivity index (χ0v) is 13.4. The number of rotatable bonds is 1. The zero-order valence-electron chi connectivity index (χ0n) is 13.4. The lowest BCUT2D eigenvalue weighted by atomic mass is 9.59. The average Bonchev–Trinajstić information content (AvgIpc) is 2.69. The van der Waals surface area contributed by atoms with Gasteiger partial charge in [-0.3, -0.25) is 9.59 Å². The summed E-state index contributed by atoms with van der Waals surface area (Å²) in [4.78, 5) is 36.0.